The summed E-state index contributed by atoms with van der Waals surface area (Å²) in [4.78, 5) is 0.959. The van der Waals surface area contributed by atoms with Crippen LogP contribution in [0.4, 0.5) is 0 Å². The molecule has 2 N–H and O–H groups in total. The van der Waals surface area contributed by atoms with Crippen molar-refractivity contribution in [1.82, 2.24) is 40.1 Å². The normalized spacial score (nSPS) is 11.2. The maximum absolute atomic E-state index is 6.04. The van der Waals surface area contributed by atoms with Gasteiger partial charge in [0.05, 0.1) is 4.88 Å². The summed E-state index contributed by atoms with van der Waals surface area (Å²) >= 11 is 2.85. The Balaban J connectivity index is 1.68. The van der Waals surface area contributed by atoms with Crippen LogP contribution in [-0.4, -0.2) is 40.1 Å². The number of fused-ring (bicyclic) bond motifs is 1. The second-order valence-corrected chi connectivity index (χ2v) is 5.89. The molecule has 11 heteroatoms. The summed E-state index contributed by atoms with van der Waals surface area (Å²) in [7, 11) is 0. The van der Waals surface area contributed by atoms with E-state index in [4.69, 9.17) is 5.84 Å². The highest BCUT2D eigenvalue weighted by Gasteiger charge is 2.14. The van der Waals surface area contributed by atoms with Crippen LogP contribution in [0.15, 0.2) is 39.8 Å². The van der Waals surface area contributed by atoms with Crippen LogP contribution in [0.3, 0.4) is 0 Å². The SMILES string of the molecule is Nn1c(Sc2ccc3nnnn3n2)nnc1-c1cccs1. The van der Waals surface area contributed by atoms with Gasteiger partial charge in [-0.05, 0) is 45.8 Å². The van der Waals surface area contributed by atoms with Crippen molar-refractivity contribution in [2.24, 2.45) is 0 Å². The topological polar surface area (TPSA) is 113 Å². The van der Waals surface area contributed by atoms with Crippen molar-refractivity contribution >= 4 is 28.7 Å². The monoisotopic (exact) mass is 317 g/mol. The van der Waals surface area contributed by atoms with Gasteiger partial charge in [-0.2, -0.15) is 0 Å². The van der Waals surface area contributed by atoms with Gasteiger partial charge >= 0.3 is 0 Å². The number of thiophene rings is 1. The number of nitrogens with zero attached hydrogens (tertiary/aromatic N) is 8. The van der Waals surface area contributed by atoms with E-state index in [2.05, 4.69) is 30.8 Å². The minimum absolute atomic E-state index is 0.540. The predicted octanol–water partition coefficient (Wildman–Crippen LogP) is 0.704. The van der Waals surface area contributed by atoms with Gasteiger partial charge in [-0.15, -0.1) is 36.4 Å². The van der Waals surface area contributed by atoms with Crippen LogP contribution in [0.25, 0.3) is 16.3 Å². The average molecular weight is 317 g/mol. The molecular weight excluding hydrogens is 310 g/mol. The number of tetrazole rings is 1. The van der Waals surface area contributed by atoms with E-state index in [9.17, 15) is 0 Å². The summed E-state index contributed by atoms with van der Waals surface area (Å²) in [5.41, 5.74) is 0.577. The van der Waals surface area contributed by atoms with E-state index < -0.39 is 0 Å². The van der Waals surface area contributed by atoms with E-state index >= 15 is 0 Å². The summed E-state index contributed by atoms with van der Waals surface area (Å²) < 4.78 is 2.79. The zero-order valence-electron chi connectivity index (χ0n) is 10.4. The Hall–Kier alpha value is -2.53. The molecule has 4 aromatic rings. The van der Waals surface area contributed by atoms with Crippen molar-refractivity contribution in [1.29, 1.82) is 0 Å². The molecule has 4 rings (SSSR count). The van der Waals surface area contributed by atoms with E-state index in [0.29, 0.717) is 21.7 Å². The second-order valence-electron chi connectivity index (χ2n) is 3.95. The van der Waals surface area contributed by atoms with Crippen LogP contribution in [0.5, 0.6) is 0 Å². The second kappa shape index (κ2) is 4.79. The molecule has 0 radical (unpaired) electrons. The molecule has 0 saturated heterocycles. The van der Waals surface area contributed by atoms with Gasteiger partial charge in [0, 0.05) is 0 Å². The third-order valence-electron chi connectivity index (χ3n) is 2.65. The van der Waals surface area contributed by atoms with E-state index in [1.54, 1.807) is 23.5 Å². The number of nitrogens with two attached hydrogens (primary N) is 1. The van der Waals surface area contributed by atoms with Crippen LogP contribution in [0.1, 0.15) is 0 Å². The molecule has 0 spiro atoms. The van der Waals surface area contributed by atoms with Gasteiger partial charge in [-0.3, -0.25) is 0 Å². The number of nitrogen functional groups attached to an aromatic ring is 1. The molecule has 0 aromatic carbocycles. The van der Waals surface area contributed by atoms with Crippen LogP contribution in [0, 0.1) is 0 Å². The lowest BCUT2D eigenvalue weighted by Crippen LogP contribution is -2.11. The van der Waals surface area contributed by atoms with Crippen LogP contribution in [-0.2, 0) is 0 Å². The van der Waals surface area contributed by atoms with Crippen LogP contribution >= 0.6 is 23.1 Å². The highest BCUT2D eigenvalue weighted by molar-refractivity contribution is 7.99. The van der Waals surface area contributed by atoms with Gasteiger partial charge in [0.1, 0.15) is 5.03 Å². The Kier molecular flexibility index (Phi) is 2.79. The first-order chi connectivity index (χ1) is 10.3. The van der Waals surface area contributed by atoms with E-state index in [0.717, 1.165) is 4.88 Å². The van der Waals surface area contributed by atoms with Gasteiger partial charge in [0.25, 0.3) is 0 Å². The predicted molar refractivity (Wildman–Crippen MR) is 76.2 cm³/mol. The molecule has 0 aliphatic carbocycles. The molecule has 21 heavy (non-hydrogen) atoms. The third-order valence-corrected chi connectivity index (χ3v) is 4.40. The molecule has 0 aliphatic rings. The Morgan fingerprint density at radius 1 is 1.14 bits per heavy atom. The minimum atomic E-state index is 0.540. The van der Waals surface area contributed by atoms with Crippen LogP contribution < -0.4 is 5.84 Å². The Morgan fingerprint density at radius 2 is 2.10 bits per heavy atom. The fraction of sp³-hybridized carbons (Fsp3) is 0. The van der Waals surface area contributed by atoms with Gasteiger partial charge in [0.15, 0.2) is 11.5 Å². The van der Waals surface area contributed by atoms with E-state index in [1.807, 2.05) is 17.5 Å². The third kappa shape index (κ3) is 2.11. The molecule has 0 amide bonds. The summed E-state index contributed by atoms with van der Waals surface area (Å²) in [5, 5.41) is 26.7. The first-order valence-electron chi connectivity index (χ1n) is 5.79. The van der Waals surface area contributed by atoms with Crippen molar-refractivity contribution in [3.63, 3.8) is 0 Å². The molecule has 0 saturated carbocycles. The molecule has 4 heterocycles. The average Bonchev–Trinajstić information content (AvgIpc) is 3.20. The Bertz CT molecular complexity index is 894. The number of aromatic nitrogens is 8. The molecule has 0 bridgehead atoms. The van der Waals surface area contributed by atoms with Crippen molar-refractivity contribution in [2.75, 3.05) is 5.84 Å². The van der Waals surface area contributed by atoms with Gasteiger partial charge in [-0.25, -0.2) is 4.68 Å². The van der Waals surface area contributed by atoms with Crippen molar-refractivity contribution in [3.8, 4) is 10.7 Å². The minimum Gasteiger partial charge on any atom is -0.335 e. The first kappa shape index (κ1) is 12.2. The molecule has 0 atom stereocenters. The zero-order valence-corrected chi connectivity index (χ0v) is 12.0. The largest absolute Gasteiger partial charge is 0.335 e. The lowest BCUT2D eigenvalue weighted by Gasteiger charge is -2.01. The lowest BCUT2D eigenvalue weighted by atomic mass is 10.4. The molecular formula is C10H7N9S2. The molecule has 0 aliphatic heterocycles. The summed E-state index contributed by atoms with van der Waals surface area (Å²) in [6.45, 7) is 0. The maximum atomic E-state index is 6.04. The molecule has 0 unspecified atom stereocenters. The highest BCUT2D eigenvalue weighted by Crippen LogP contribution is 2.28. The summed E-state index contributed by atoms with van der Waals surface area (Å²) in [5.74, 6) is 6.66. The Labute approximate surface area is 125 Å². The zero-order chi connectivity index (χ0) is 14.2. The quantitative estimate of drug-likeness (QED) is 0.550. The maximum Gasteiger partial charge on any atom is 0.216 e. The molecule has 0 fully saturated rings. The number of hydrogen-bond acceptors (Lipinski definition) is 9. The van der Waals surface area contributed by atoms with Crippen LogP contribution in [0.2, 0.25) is 0 Å². The van der Waals surface area contributed by atoms with E-state index in [-0.39, 0.29) is 0 Å². The van der Waals surface area contributed by atoms with Crippen molar-refractivity contribution < 1.29 is 0 Å². The Morgan fingerprint density at radius 3 is 2.95 bits per heavy atom. The standard InChI is InChI=1S/C10H7N9S2/c11-18-9(6-2-1-5-20-6)13-14-10(18)21-8-4-3-7-12-16-17-19(7)15-8/h1-5H,11H2. The first-order valence-corrected chi connectivity index (χ1v) is 7.48. The van der Waals surface area contributed by atoms with Crippen molar-refractivity contribution in [2.45, 2.75) is 10.2 Å². The molecule has 4 aromatic heterocycles. The lowest BCUT2D eigenvalue weighted by molar-refractivity contribution is 0.701. The molecule has 104 valence electrons. The fourth-order valence-corrected chi connectivity index (χ4v) is 3.11. The van der Waals surface area contributed by atoms with Gasteiger partial charge < -0.3 is 5.84 Å². The van der Waals surface area contributed by atoms with E-state index in [1.165, 1.54) is 21.1 Å². The summed E-state index contributed by atoms with van der Waals surface area (Å²) in [6, 6.07) is 7.45. The number of hydrogen-bond donors (Lipinski definition) is 1. The van der Waals surface area contributed by atoms with Gasteiger partial charge in [-0.1, -0.05) is 6.07 Å². The van der Waals surface area contributed by atoms with Gasteiger partial charge in [0.2, 0.25) is 5.16 Å². The fourth-order valence-electron chi connectivity index (χ4n) is 1.70. The summed E-state index contributed by atoms with van der Waals surface area (Å²) in [6.07, 6.45) is 0. The number of rotatable bonds is 3. The van der Waals surface area contributed by atoms with Crippen molar-refractivity contribution in [3.05, 3.63) is 29.6 Å². The smallest absolute Gasteiger partial charge is 0.216 e. The highest BCUT2D eigenvalue weighted by atomic mass is 32.2. The molecule has 9 nitrogen and oxygen atoms in total.